The van der Waals surface area contributed by atoms with Crippen molar-refractivity contribution < 1.29 is 4.79 Å². The predicted octanol–water partition coefficient (Wildman–Crippen LogP) is 5.04. The summed E-state index contributed by atoms with van der Waals surface area (Å²) in [7, 11) is 0. The van der Waals surface area contributed by atoms with Gasteiger partial charge in [-0.2, -0.15) is 0 Å². The maximum atomic E-state index is 12.6. The molecule has 2 aromatic heterocycles. The highest BCUT2D eigenvalue weighted by atomic mass is 16.1. The lowest BCUT2D eigenvalue weighted by atomic mass is 9.96. The van der Waals surface area contributed by atoms with Gasteiger partial charge in [-0.15, -0.1) is 0 Å². The minimum absolute atomic E-state index is 0.102. The van der Waals surface area contributed by atoms with Gasteiger partial charge in [-0.3, -0.25) is 4.79 Å². The van der Waals surface area contributed by atoms with Gasteiger partial charge in [-0.25, -0.2) is 4.98 Å². The molecule has 0 saturated carbocycles. The summed E-state index contributed by atoms with van der Waals surface area (Å²) in [6.07, 6.45) is 4.13. The van der Waals surface area contributed by atoms with Crippen molar-refractivity contribution in [1.82, 2.24) is 9.38 Å². The van der Waals surface area contributed by atoms with E-state index >= 15 is 0 Å². The van der Waals surface area contributed by atoms with E-state index in [9.17, 15) is 4.79 Å². The van der Waals surface area contributed by atoms with Crippen LogP contribution in [-0.2, 0) is 6.42 Å². The number of aryl methyl sites for hydroxylation is 2. The van der Waals surface area contributed by atoms with Crippen molar-refractivity contribution in [3.05, 3.63) is 95.4 Å². The maximum absolute atomic E-state index is 12.6. The normalized spacial score (nSPS) is 11.0. The second-order valence-electron chi connectivity index (χ2n) is 6.60. The molecular formula is C23H20N2O. The molecule has 2 heterocycles. The Morgan fingerprint density at radius 1 is 0.923 bits per heavy atom. The van der Waals surface area contributed by atoms with Crippen LogP contribution in [0.3, 0.4) is 0 Å². The number of Topliss-reactive ketones (excluding diaryl/α,β-unsaturated/α-hetero) is 1. The van der Waals surface area contributed by atoms with E-state index in [0.717, 1.165) is 22.5 Å². The van der Waals surface area contributed by atoms with Gasteiger partial charge in [0.15, 0.2) is 5.78 Å². The molecule has 4 rings (SSSR count). The number of hydrogen-bond donors (Lipinski definition) is 0. The summed E-state index contributed by atoms with van der Waals surface area (Å²) in [6.45, 7) is 4.24. The van der Waals surface area contributed by atoms with Gasteiger partial charge in [-0.05, 0) is 42.7 Å². The zero-order valence-corrected chi connectivity index (χ0v) is 14.9. The van der Waals surface area contributed by atoms with Crippen molar-refractivity contribution in [3.63, 3.8) is 0 Å². The van der Waals surface area contributed by atoms with E-state index in [0.29, 0.717) is 6.42 Å². The zero-order valence-electron chi connectivity index (χ0n) is 14.9. The Labute approximate surface area is 153 Å². The van der Waals surface area contributed by atoms with Crippen LogP contribution in [0.25, 0.3) is 16.8 Å². The van der Waals surface area contributed by atoms with Crippen molar-refractivity contribution in [2.24, 2.45) is 0 Å². The van der Waals surface area contributed by atoms with Crippen LogP contribution in [0.5, 0.6) is 0 Å². The lowest BCUT2D eigenvalue weighted by molar-refractivity contribution is 0.0991. The van der Waals surface area contributed by atoms with Crippen LogP contribution in [0.4, 0.5) is 0 Å². The number of rotatable bonds is 4. The highest BCUT2D eigenvalue weighted by Crippen LogP contribution is 2.30. The standard InChI is InChI=1S/C23H20N2O/c1-16-8-6-9-17(2)22(16)20-12-7-13-25-19(15-24-23(20)25)14-21(26)18-10-4-3-5-11-18/h3-13,15H,14H2,1-2H3. The lowest BCUT2D eigenvalue weighted by Gasteiger charge is -2.11. The highest BCUT2D eigenvalue weighted by molar-refractivity contribution is 5.97. The molecule has 26 heavy (non-hydrogen) atoms. The SMILES string of the molecule is Cc1cccc(C)c1-c1cccn2c(CC(=O)c3ccccc3)cnc12. The van der Waals surface area contributed by atoms with Crippen molar-refractivity contribution in [3.8, 4) is 11.1 Å². The number of fused-ring (bicyclic) bond motifs is 1. The van der Waals surface area contributed by atoms with Crippen LogP contribution in [0.2, 0.25) is 0 Å². The summed E-state index contributed by atoms with van der Waals surface area (Å²) in [4.78, 5) is 17.2. The molecule has 0 amide bonds. The van der Waals surface area contributed by atoms with Gasteiger partial charge in [0.1, 0.15) is 5.65 Å². The summed E-state index contributed by atoms with van der Waals surface area (Å²) in [6, 6.07) is 19.8. The quantitative estimate of drug-likeness (QED) is 0.488. The van der Waals surface area contributed by atoms with Crippen LogP contribution >= 0.6 is 0 Å². The van der Waals surface area contributed by atoms with Gasteiger partial charge in [0.25, 0.3) is 0 Å². The number of benzene rings is 2. The zero-order chi connectivity index (χ0) is 18.1. The van der Waals surface area contributed by atoms with E-state index in [2.05, 4.69) is 43.1 Å². The van der Waals surface area contributed by atoms with Crippen LogP contribution < -0.4 is 0 Å². The molecule has 2 aromatic carbocycles. The van der Waals surface area contributed by atoms with Crippen LogP contribution in [0.1, 0.15) is 27.2 Å². The first-order valence-electron chi connectivity index (χ1n) is 8.75. The number of carbonyl (C=O) groups excluding carboxylic acids is 1. The van der Waals surface area contributed by atoms with Gasteiger partial charge in [0.2, 0.25) is 0 Å². The number of pyridine rings is 1. The topological polar surface area (TPSA) is 34.4 Å². The Balaban J connectivity index is 1.78. The van der Waals surface area contributed by atoms with E-state index in [4.69, 9.17) is 0 Å². The number of hydrogen-bond acceptors (Lipinski definition) is 2. The third-order valence-electron chi connectivity index (χ3n) is 4.80. The Morgan fingerprint density at radius 2 is 1.65 bits per heavy atom. The van der Waals surface area contributed by atoms with Crippen molar-refractivity contribution in [2.45, 2.75) is 20.3 Å². The molecule has 0 spiro atoms. The number of nitrogens with zero attached hydrogens (tertiary/aromatic N) is 2. The van der Waals surface area contributed by atoms with E-state index in [1.54, 1.807) is 0 Å². The summed E-state index contributed by atoms with van der Waals surface area (Å²) >= 11 is 0. The molecule has 0 bridgehead atoms. The van der Waals surface area contributed by atoms with E-state index < -0.39 is 0 Å². The lowest BCUT2D eigenvalue weighted by Crippen LogP contribution is -2.05. The Morgan fingerprint density at radius 3 is 2.38 bits per heavy atom. The molecule has 0 aliphatic carbocycles. The summed E-state index contributed by atoms with van der Waals surface area (Å²) < 4.78 is 2.03. The van der Waals surface area contributed by atoms with E-state index in [-0.39, 0.29) is 5.78 Å². The molecule has 0 radical (unpaired) electrons. The number of ketones is 1. The fourth-order valence-corrected chi connectivity index (χ4v) is 3.52. The molecule has 0 unspecified atom stereocenters. The fraction of sp³-hybridized carbons (Fsp3) is 0.130. The first-order chi connectivity index (χ1) is 12.6. The Hall–Kier alpha value is -3.20. The molecular weight excluding hydrogens is 320 g/mol. The van der Waals surface area contributed by atoms with Gasteiger partial charge in [0.05, 0.1) is 12.1 Å². The highest BCUT2D eigenvalue weighted by Gasteiger charge is 2.15. The molecule has 0 N–H and O–H groups in total. The van der Waals surface area contributed by atoms with E-state index in [1.807, 2.05) is 53.2 Å². The number of carbonyl (C=O) groups is 1. The molecule has 3 nitrogen and oxygen atoms in total. The third kappa shape index (κ3) is 2.82. The van der Waals surface area contributed by atoms with E-state index in [1.165, 1.54) is 16.7 Å². The average molecular weight is 340 g/mol. The van der Waals surface area contributed by atoms with Crippen LogP contribution in [0, 0.1) is 13.8 Å². The third-order valence-corrected chi connectivity index (χ3v) is 4.80. The predicted molar refractivity (Wildman–Crippen MR) is 105 cm³/mol. The Kier molecular flexibility index (Phi) is 4.13. The smallest absolute Gasteiger partial charge is 0.168 e. The molecule has 128 valence electrons. The number of aromatic nitrogens is 2. The van der Waals surface area contributed by atoms with Gasteiger partial charge < -0.3 is 4.40 Å². The second-order valence-corrected chi connectivity index (χ2v) is 6.60. The molecule has 0 fully saturated rings. The van der Waals surface area contributed by atoms with Gasteiger partial charge in [-0.1, -0.05) is 48.5 Å². The second kappa shape index (κ2) is 6.60. The number of imidazole rings is 1. The molecule has 3 heteroatoms. The largest absolute Gasteiger partial charge is 0.303 e. The molecule has 0 aliphatic heterocycles. The van der Waals surface area contributed by atoms with Crippen LogP contribution in [0.15, 0.2) is 73.1 Å². The minimum Gasteiger partial charge on any atom is -0.303 e. The molecule has 0 saturated heterocycles. The van der Waals surface area contributed by atoms with Gasteiger partial charge in [0, 0.05) is 23.5 Å². The van der Waals surface area contributed by atoms with Crippen LogP contribution in [-0.4, -0.2) is 15.2 Å². The molecule has 0 atom stereocenters. The summed E-state index contributed by atoms with van der Waals surface area (Å²) in [5.74, 6) is 0.102. The van der Waals surface area contributed by atoms with Gasteiger partial charge >= 0.3 is 0 Å². The molecule has 4 aromatic rings. The maximum Gasteiger partial charge on any atom is 0.168 e. The minimum atomic E-state index is 0.102. The fourth-order valence-electron chi connectivity index (χ4n) is 3.52. The summed E-state index contributed by atoms with van der Waals surface area (Å²) in [5, 5.41) is 0. The average Bonchev–Trinajstić information content (AvgIpc) is 3.06. The first-order valence-corrected chi connectivity index (χ1v) is 8.75. The Bertz CT molecular complexity index is 1070. The first kappa shape index (κ1) is 16.3. The van der Waals surface area contributed by atoms with Crippen molar-refractivity contribution in [1.29, 1.82) is 0 Å². The van der Waals surface area contributed by atoms with Crippen molar-refractivity contribution >= 4 is 11.4 Å². The summed E-state index contributed by atoms with van der Waals surface area (Å²) in [5.41, 5.74) is 7.29. The molecule has 0 aliphatic rings. The monoisotopic (exact) mass is 340 g/mol. The van der Waals surface area contributed by atoms with Crippen molar-refractivity contribution in [2.75, 3.05) is 0 Å².